The van der Waals surface area contributed by atoms with Crippen molar-refractivity contribution in [2.45, 2.75) is 221 Å². The van der Waals surface area contributed by atoms with Gasteiger partial charge in [-0.1, -0.05) is 18.2 Å². The normalized spacial score (nSPS) is 50.8. The van der Waals surface area contributed by atoms with Crippen molar-refractivity contribution in [1.29, 1.82) is 0 Å². The molecule has 21 rings (SSSR count). The van der Waals surface area contributed by atoms with Crippen molar-refractivity contribution in [3.8, 4) is 34.5 Å². The van der Waals surface area contributed by atoms with Crippen LogP contribution in [0.2, 0.25) is 0 Å². The average molecular weight is 1080 g/mol. The third-order valence-corrected chi connectivity index (χ3v) is 26.6. The predicted octanol–water partition coefficient (Wildman–Crippen LogP) is 4.48. The standard InChI is InChI=1S/C63H72N4O12/c68-37-10-7-34-25-40-61(71)16-13-58(49-55(61,43(34)46(37)74-49)19-22-64(40)28-31-1-2-31)52-67-53(77-58)59(14-17-62(72)41-26-35-8-11-38(69)47-44(35)56(62,50(59)75-47)20-23-65(41)29-32-3-4-32)79-54(67)60(78-52)15-18-63(73)42-27-36-9-12-39(70)48-45(36)57(63,51(60)76-48)21-24-66(42)30-33-5-6-33/h7-12,31-33,40-42,49-54,68-73H,1-6,13-30H2/t40-,41-,42-,49?,50?,51?,52?,53?,54?,55+,56+,57+,58?,59?,60?,61-,62-,63-/m1/s1. The second-order valence-corrected chi connectivity index (χ2v) is 29.5. The lowest BCUT2D eigenvalue weighted by Crippen LogP contribution is -2.81. The molecule has 16 nitrogen and oxygen atoms in total. The van der Waals surface area contributed by atoms with E-state index in [1.165, 1.54) is 38.5 Å². The van der Waals surface area contributed by atoms with Crippen LogP contribution in [0.25, 0.3) is 0 Å². The number of aromatic hydroxyl groups is 3. The minimum atomic E-state index is -1.24. The van der Waals surface area contributed by atoms with Crippen molar-refractivity contribution in [1.82, 2.24) is 19.6 Å². The second-order valence-electron chi connectivity index (χ2n) is 29.5. The van der Waals surface area contributed by atoms with Crippen molar-refractivity contribution in [3.63, 3.8) is 0 Å². The van der Waals surface area contributed by atoms with Gasteiger partial charge in [-0.2, -0.15) is 0 Å². The van der Waals surface area contributed by atoms with Crippen LogP contribution in [-0.4, -0.2) is 178 Å². The van der Waals surface area contributed by atoms with Crippen LogP contribution in [0.1, 0.15) is 130 Å². The van der Waals surface area contributed by atoms with Crippen LogP contribution in [0.3, 0.4) is 0 Å². The number of nitrogens with zero attached hydrogens (tertiary/aromatic N) is 4. The molecule has 0 aromatic heterocycles. The molecule has 9 unspecified atom stereocenters. The molecule has 9 aliphatic heterocycles. The Morgan fingerprint density at radius 2 is 0.709 bits per heavy atom. The molecular formula is C63H72N4O12. The zero-order valence-corrected chi connectivity index (χ0v) is 44.8. The number of likely N-dealkylation sites (tertiary alicyclic amines) is 3. The Labute approximate surface area is 458 Å². The van der Waals surface area contributed by atoms with Crippen molar-refractivity contribution in [2.75, 3.05) is 39.3 Å². The Kier molecular flexibility index (Phi) is 7.88. The van der Waals surface area contributed by atoms with Gasteiger partial charge in [0.2, 0.25) is 0 Å². The number of phenols is 3. The number of rotatable bonds is 6. The molecule has 3 aromatic carbocycles. The van der Waals surface area contributed by atoms with Gasteiger partial charge in [-0.25, -0.2) is 4.90 Å². The minimum Gasteiger partial charge on any atom is -0.504 e. The lowest BCUT2D eigenvalue weighted by molar-refractivity contribution is -0.287. The lowest BCUT2D eigenvalue weighted by atomic mass is 9.46. The highest BCUT2D eigenvalue weighted by atomic mass is 16.7. The number of phenolic OH excluding ortho intramolecular Hbond substituents is 3. The van der Waals surface area contributed by atoms with Crippen LogP contribution in [0.5, 0.6) is 34.5 Å². The molecule has 18 atom stereocenters. The number of benzene rings is 3. The summed E-state index contributed by atoms with van der Waals surface area (Å²) in [6, 6.07) is 11.1. The first-order valence-corrected chi connectivity index (χ1v) is 31.0. The average Bonchev–Trinajstić information content (AvgIpc) is 1.81. The molecule has 16 heteroatoms. The van der Waals surface area contributed by atoms with Gasteiger partial charge < -0.3 is 59.1 Å². The highest BCUT2D eigenvalue weighted by Crippen LogP contribution is 2.78. The van der Waals surface area contributed by atoms with Crippen molar-refractivity contribution < 1.29 is 59.1 Å². The number of hydrogen-bond acceptors (Lipinski definition) is 16. The Hall–Kier alpha value is -3.94. The summed E-state index contributed by atoms with van der Waals surface area (Å²) in [4.78, 5) is 10.1. The molecule has 18 aliphatic rings. The van der Waals surface area contributed by atoms with Gasteiger partial charge in [-0.3, -0.25) is 14.7 Å². The quantitative estimate of drug-likeness (QED) is 0.203. The Bertz CT molecular complexity index is 2990. The summed E-state index contributed by atoms with van der Waals surface area (Å²) in [6.07, 6.45) is 8.91. The summed E-state index contributed by atoms with van der Waals surface area (Å²) in [6.45, 7) is 5.24. The summed E-state index contributed by atoms with van der Waals surface area (Å²) in [5, 5.41) is 78.2. The van der Waals surface area contributed by atoms with E-state index in [2.05, 4.69) is 37.8 Å². The predicted molar refractivity (Wildman–Crippen MR) is 279 cm³/mol. The zero-order valence-electron chi connectivity index (χ0n) is 44.8. The fraction of sp³-hybridized carbons (Fsp3) is 0.714. The molecule has 6 saturated heterocycles. The summed E-state index contributed by atoms with van der Waals surface area (Å²) >= 11 is 0. The van der Waals surface area contributed by atoms with Gasteiger partial charge in [0, 0.05) is 54.5 Å². The van der Waals surface area contributed by atoms with E-state index in [1.807, 2.05) is 0 Å². The molecule has 9 heterocycles. The maximum absolute atomic E-state index is 14.1. The third-order valence-electron chi connectivity index (χ3n) is 26.6. The maximum atomic E-state index is 14.1. The number of aliphatic hydroxyl groups is 3. The van der Waals surface area contributed by atoms with Gasteiger partial charge in [0.1, 0.15) is 53.8 Å². The molecule has 6 spiro atoms. The fourth-order valence-corrected chi connectivity index (χ4v) is 23.1. The van der Waals surface area contributed by atoms with Crippen molar-refractivity contribution >= 4 is 0 Å². The van der Waals surface area contributed by atoms with Crippen LogP contribution in [0.4, 0.5) is 0 Å². The lowest BCUT2D eigenvalue weighted by Gasteiger charge is -2.66. The number of fused-ring (bicyclic) bond motifs is 6. The highest BCUT2D eigenvalue weighted by Gasteiger charge is 2.91. The van der Waals surface area contributed by atoms with E-state index in [9.17, 15) is 30.6 Å². The number of piperidine rings is 3. The minimum absolute atomic E-state index is 0.0652. The smallest absolute Gasteiger partial charge is 0.165 e. The molecule has 416 valence electrons. The molecule has 79 heavy (non-hydrogen) atoms. The van der Waals surface area contributed by atoms with Crippen molar-refractivity contribution in [2.24, 2.45) is 17.8 Å². The molecule has 9 aliphatic carbocycles. The summed E-state index contributed by atoms with van der Waals surface area (Å²) in [7, 11) is 0. The molecular weight excluding hydrogens is 1000 g/mol. The summed E-state index contributed by atoms with van der Waals surface area (Å²) in [5.74, 6) is 3.44. The van der Waals surface area contributed by atoms with Crippen LogP contribution < -0.4 is 14.2 Å². The van der Waals surface area contributed by atoms with Crippen LogP contribution in [-0.2, 0) is 49.7 Å². The highest BCUT2D eigenvalue weighted by molar-refractivity contribution is 5.67. The topological polar surface area (TPSA) is 190 Å². The fourth-order valence-electron chi connectivity index (χ4n) is 23.1. The molecule has 6 saturated carbocycles. The van der Waals surface area contributed by atoms with Crippen LogP contribution >= 0.6 is 0 Å². The largest absolute Gasteiger partial charge is 0.504 e. The van der Waals surface area contributed by atoms with E-state index < -0.39 is 86.8 Å². The van der Waals surface area contributed by atoms with Gasteiger partial charge in [0.25, 0.3) is 0 Å². The molecule has 6 bridgehead atoms. The SMILES string of the molecule is Oc1ccc2c3c1OC1C4(CC[C@@]5(O)[C@@H](C2)N(CC2CC2)CC[C@]315)OC1N2C4OC3(CC[C@@]4(O)[C@H]5Cc6ccc(O)c7c6[C@@]4(CCN5CC4CC4)C3O7)C2OC12CC[C@@]1(O)[C@H]3Cc4ccc(O)c5c4[C@@]1(CCN3CC1CC1)C2O5. The molecule has 12 fully saturated rings. The number of hydrogen-bond donors (Lipinski definition) is 6. The Morgan fingerprint density at radius 1 is 0.405 bits per heavy atom. The van der Waals surface area contributed by atoms with Gasteiger partial charge in [0.05, 0.1) is 33.0 Å². The van der Waals surface area contributed by atoms with Gasteiger partial charge in [-0.15, -0.1) is 0 Å². The van der Waals surface area contributed by atoms with E-state index in [1.54, 1.807) is 18.2 Å². The first-order valence-electron chi connectivity index (χ1n) is 31.0. The summed E-state index contributed by atoms with van der Waals surface area (Å²) in [5.41, 5.74) is -4.07. The van der Waals surface area contributed by atoms with Crippen LogP contribution in [0.15, 0.2) is 36.4 Å². The second kappa shape index (κ2) is 13.7. The first kappa shape index (κ1) is 45.6. The first-order chi connectivity index (χ1) is 38.3. The van der Waals surface area contributed by atoms with Crippen LogP contribution in [0, 0.1) is 17.8 Å². The van der Waals surface area contributed by atoms with E-state index in [0.29, 0.717) is 112 Å². The van der Waals surface area contributed by atoms with Gasteiger partial charge in [0.15, 0.2) is 34.5 Å². The van der Waals surface area contributed by atoms with Crippen molar-refractivity contribution in [3.05, 3.63) is 69.8 Å². The zero-order chi connectivity index (χ0) is 52.1. The van der Waals surface area contributed by atoms with Gasteiger partial charge in [-0.05, 0) is 188 Å². The molecule has 0 amide bonds. The van der Waals surface area contributed by atoms with Gasteiger partial charge >= 0.3 is 0 Å². The van der Waals surface area contributed by atoms with E-state index in [0.717, 1.165) is 72.6 Å². The third kappa shape index (κ3) is 4.67. The maximum Gasteiger partial charge on any atom is 0.165 e. The van der Waals surface area contributed by atoms with E-state index in [4.69, 9.17) is 28.4 Å². The summed E-state index contributed by atoms with van der Waals surface area (Å²) < 4.78 is 47.4. The van der Waals surface area contributed by atoms with E-state index >= 15 is 0 Å². The molecule has 3 aromatic rings. The number of ether oxygens (including phenoxy) is 6. The Morgan fingerprint density at radius 3 is 1.00 bits per heavy atom. The molecule has 6 N–H and O–H groups in total. The van der Waals surface area contributed by atoms with E-state index in [-0.39, 0.29) is 35.4 Å². The monoisotopic (exact) mass is 1080 g/mol. The Balaban J connectivity index is 0.771. The molecule has 0 radical (unpaired) electrons.